The lowest BCUT2D eigenvalue weighted by Crippen LogP contribution is -2.53. The fourth-order valence-corrected chi connectivity index (χ4v) is 1.73. The van der Waals surface area contributed by atoms with Crippen LogP contribution < -0.4 is 5.73 Å². The van der Waals surface area contributed by atoms with Crippen LogP contribution in [0.3, 0.4) is 0 Å². The molecule has 1 heterocycles. The van der Waals surface area contributed by atoms with Gasteiger partial charge in [-0.2, -0.15) is 0 Å². The number of nitrogens with zero attached hydrogens (tertiary/aromatic N) is 2. The molecule has 1 unspecified atom stereocenters. The Kier molecular flexibility index (Phi) is 4.66. The monoisotopic (exact) mass is 187 g/mol. The van der Waals surface area contributed by atoms with E-state index in [1.54, 1.807) is 0 Å². The lowest BCUT2D eigenvalue weighted by Gasteiger charge is -2.38. The summed E-state index contributed by atoms with van der Waals surface area (Å²) in [6.45, 7) is 5.22. The predicted molar refractivity (Wildman–Crippen MR) is 53.6 cm³/mol. The van der Waals surface area contributed by atoms with Gasteiger partial charge in [0.2, 0.25) is 0 Å². The van der Waals surface area contributed by atoms with Crippen LogP contribution in [0.4, 0.5) is 0 Å². The third-order valence-electron chi connectivity index (χ3n) is 2.75. The first kappa shape index (κ1) is 10.9. The zero-order chi connectivity index (χ0) is 9.68. The van der Waals surface area contributed by atoms with Gasteiger partial charge in [-0.05, 0) is 26.6 Å². The van der Waals surface area contributed by atoms with Gasteiger partial charge in [0.05, 0.1) is 6.61 Å². The number of nitrogens with two attached hydrogens (primary N) is 1. The van der Waals surface area contributed by atoms with Crippen LogP contribution in [0.1, 0.15) is 6.42 Å². The second-order valence-electron chi connectivity index (χ2n) is 3.76. The molecule has 1 fully saturated rings. The molecule has 0 bridgehead atoms. The lowest BCUT2D eigenvalue weighted by atomic mass is 10.2. The molecule has 4 heteroatoms. The fraction of sp³-hybridized carbons (Fsp3) is 1.00. The van der Waals surface area contributed by atoms with Crippen molar-refractivity contribution in [2.45, 2.75) is 12.5 Å². The van der Waals surface area contributed by atoms with Gasteiger partial charge in [-0.1, -0.05) is 0 Å². The molecule has 1 aliphatic heterocycles. The summed E-state index contributed by atoms with van der Waals surface area (Å²) >= 11 is 0. The maximum absolute atomic E-state index is 9.11. The van der Waals surface area contributed by atoms with Gasteiger partial charge in [0.1, 0.15) is 0 Å². The summed E-state index contributed by atoms with van der Waals surface area (Å²) < 4.78 is 0. The van der Waals surface area contributed by atoms with E-state index in [1.807, 2.05) is 0 Å². The number of aliphatic hydroxyl groups is 1. The minimum absolute atomic E-state index is 0.260. The molecule has 1 rings (SSSR count). The Labute approximate surface area is 80.3 Å². The quantitative estimate of drug-likeness (QED) is 0.589. The topological polar surface area (TPSA) is 52.7 Å². The van der Waals surface area contributed by atoms with Crippen molar-refractivity contribution >= 4 is 0 Å². The number of hydrogen-bond donors (Lipinski definition) is 2. The van der Waals surface area contributed by atoms with Crippen molar-refractivity contribution in [2.75, 3.05) is 46.4 Å². The van der Waals surface area contributed by atoms with Gasteiger partial charge in [-0.25, -0.2) is 0 Å². The molecule has 0 radical (unpaired) electrons. The first-order chi connectivity index (χ1) is 6.27. The molecule has 0 saturated carbocycles. The summed E-state index contributed by atoms with van der Waals surface area (Å²) in [5, 5.41) is 9.11. The Morgan fingerprint density at radius 2 is 2.23 bits per heavy atom. The van der Waals surface area contributed by atoms with Crippen LogP contribution in [0, 0.1) is 0 Å². The van der Waals surface area contributed by atoms with Gasteiger partial charge in [-0.15, -0.1) is 0 Å². The highest BCUT2D eigenvalue weighted by Gasteiger charge is 2.22. The van der Waals surface area contributed by atoms with E-state index in [0.717, 1.165) is 39.1 Å². The summed E-state index contributed by atoms with van der Waals surface area (Å²) in [5.74, 6) is 0. The molecule has 1 atom stereocenters. The van der Waals surface area contributed by atoms with Crippen molar-refractivity contribution in [3.8, 4) is 0 Å². The molecular formula is C9H21N3O. The zero-order valence-corrected chi connectivity index (χ0v) is 8.45. The van der Waals surface area contributed by atoms with E-state index in [0.29, 0.717) is 6.04 Å². The highest BCUT2D eigenvalue weighted by Crippen LogP contribution is 2.06. The summed E-state index contributed by atoms with van der Waals surface area (Å²) in [4.78, 5) is 4.60. The fourth-order valence-electron chi connectivity index (χ4n) is 1.73. The molecule has 4 nitrogen and oxygen atoms in total. The predicted octanol–water partition coefficient (Wildman–Crippen LogP) is -1.06. The average molecular weight is 187 g/mol. The van der Waals surface area contributed by atoms with Crippen molar-refractivity contribution < 1.29 is 5.11 Å². The normalized spacial score (nSPS) is 26.5. The van der Waals surface area contributed by atoms with Crippen LogP contribution in [-0.2, 0) is 0 Å². The second-order valence-corrected chi connectivity index (χ2v) is 3.76. The molecule has 0 aromatic rings. The van der Waals surface area contributed by atoms with E-state index >= 15 is 0 Å². The average Bonchev–Trinajstić information content (AvgIpc) is 2.16. The van der Waals surface area contributed by atoms with Crippen LogP contribution in [0.15, 0.2) is 0 Å². The molecular weight excluding hydrogens is 166 g/mol. The van der Waals surface area contributed by atoms with E-state index in [9.17, 15) is 0 Å². The molecule has 0 spiro atoms. The summed E-state index contributed by atoms with van der Waals surface area (Å²) in [6, 6.07) is 0.312. The molecule has 13 heavy (non-hydrogen) atoms. The smallest absolute Gasteiger partial charge is 0.0599 e. The maximum Gasteiger partial charge on any atom is 0.0599 e. The van der Waals surface area contributed by atoms with E-state index in [1.165, 1.54) is 0 Å². The first-order valence-corrected chi connectivity index (χ1v) is 5.01. The zero-order valence-electron chi connectivity index (χ0n) is 8.45. The van der Waals surface area contributed by atoms with Crippen molar-refractivity contribution in [1.82, 2.24) is 9.80 Å². The first-order valence-electron chi connectivity index (χ1n) is 5.01. The highest BCUT2D eigenvalue weighted by atomic mass is 16.3. The van der Waals surface area contributed by atoms with Crippen molar-refractivity contribution in [1.29, 1.82) is 0 Å². The van der Waals surface area contributed by atoms with E-state index in [4.69, 9.17) is 10.8 Å². The van der Waals surface area contributed by atoms with E-state index in [2.05, 4.69) is 16.8 Å². The molecule has 3 N–H and O–H groups in total. The van der Waals surface area contributed by atoms with Gasteiger partial charge in [0, 0.05) is 25.7 Å². The number of likely N-dealkylation sites (N-methyl/N-ethyl adjacent to an activating group) is 1. The van der Waals surface area contributed by atoms with Crippen LogP contribution in [0.25, 0.3) is 0 Å². The van der Waals surface area contributed by atoms with Crippen LogP contribution in [0.5, 0.6) is 0 Å². The number of hydrogen-bond acceptors (Lipinski definition) is 4. The minimum atomic E-state index is 0.260. The summed E-state index contributed by atoms with van der Waals surface area (Å²) in [7, 11) is 2.07. The Morgan fingerprint density at radius 3 is 2.85 bits per heavy atom. The van der Waals surface area contributed by atoms with Gasteiger partial charge < -0.3 is 15.7 Å². The van der Waals surface area contributed by atoms with E-state index < -0.39 is 0 Å². The lowest BCUT2D eigenvalue weighted by molar-refractivity contribution is 0.0575. The van der Waals surface area contributed by atoms with Gasteiger partial charge >= 0.3 is 0 Å². The Bertz CT molecular complexity index is 141. The molecule has 0 aromatic heterocycles. The molecule has 1 saturated heterocycles. The summed E-state index contributed by atoms with van der Waals surface area (Å²) in [5.41, 5.74) is 5.45. The highest BCUT2D eigenvalue weighted by molar-refractivity contribution is 4.79. The molecule has 0 aliphatic carbocycles. The van der Waals surface area contributed by atoms with Crippen LogP contribution in [0.2, 0.25) is 0 Å². The van der Waals surface area contributed by atoms with Crippen molar-refractivity contribution in [3.05, 3.63) is 0 Å². The third-order valence-corrected chi connectivity index (χ3v) is 2.75. The SMILES string of the molecule is CN1CCN(CCCN)CC1CO. The van der Waals surface area contributed by atoms with Gasteiger partial charge in [0.25, 0.3) is 0 Å². The van der Waals surface area contributed by atoms with Crippen molar-refractivity contribution in [2.24, 2.45) is 5.73 Å². The number of aliphatic hydroxyl groups excluding tert-OH is 1. The van der Waals surface area contributed by atoms with Gasteiger partial charge in [-0.3, -0.25) is 4.90 Å². The summed E-state index contributed by atoms with van der Waals surface area (Å²) in [6.07, 6.45) is 1.06. The van der Waals surface area contributed by atoms with Crippen molar-refractivity contribution in [3.63, 3.8) is 0 Å². The molecule has 0 aromatic carbocycles. The second kappa shape index (κ2) is 5.54. The largest absolute Gasteiger partial charge is 0.395 e. The van der Waals surface area contributed by atoms with Gasteiger partial charge in [0.15, 0.2) is 0 Å². The maximum atomic E-state index is 9.11. The van der Waals surface area contributed by atoms with Crippen LogP contribution >= 0.6 is 0 Å². The Morgan fingerprint density at radius 1 is 1.46 bits per heavy atom. The standard InChI is InChI=1S/C9H21N3O/c1-11-5-6-12(4-2-3-10)7-9(11)8-13/h9,13H,2-8,10H2,1H3. The minimum Gasteiger partial charge on any atom is -0.395 e. The molecule has 0 amide bonds. The van der Waals surface area contributed by atoms with Crippen LogP contribution in [-0.4, -0.2) is 67.3 Å². The Balaban J connectivity index is 2.27. The molecule has 1 aliphatic rings. The number of rotatable bonds is 4. The number of piperazine rings is 1. The van der Waals surface area contributed by atoms with E-state index in [-0.39, 0.29) is 6.61 Å². The molecule has 78 valence electrons. The third kappa shape index (κ3) is 3.23. The Hall–Kier alpha value is -0.160.